The molecule has 0 fully saturated rings. The molecule has 0 aliphatic rings. The number of anilines is 2. The average molecular weight is 406 g/mol. The molecule has 9 nitrogen and oxygen atoms in total. The zero-order valence-electron chi connectivity index (χ0n) is 14.7. The fourth-order valence-electron chi connectivity index (χ4n) is 2.29. The normalized spacial score (nSPS) is 10.9. The third-order valence-corrected chi connectivity index (χ3v) is 5.13. The van der Waals surface area contributed by atoms with Crippen molar-refractivity contribution in [2.24, 2.45) is 0 Å². The van der Waals surface area contributed by atoms with E-state index in [2.05, 4.69) is 20.2 Å². The van der Waals surface area contributed by atoms with Crippen LogP contribution in [0.25, 0.3) is 10.8 Å². The van der Waals surface area contributed by atoms with Crippen LogP contribution in [0.5, 0.6) is 0 Å². The summed E-state index contributed by atoms with van der Waals surface area (Å²) in [5.41, 5.74) is 11.3. The number of thioether (sulfide) groups is 1. The van der Waals surface area contributed by atoms with Gasteiger partial charge in [-0.15, -0.1) is 21.5 Å². The lowest BCUT2D eigenvalue weighted by Crippen LogP contribution is -2.32. The molecule has 3 aromatic heterocycles. The SMILES string of the molecule is CCCN(Cc1nnc(-c2cccs2)o1)C(=O)CSc1nc(N)cc(N)n1. The van der Waals surface area contributed by atoms with Crippen LogP contribution in [0.15, 0.2) is 33.2 Å². The summed E-state index contributed by atoms with van der Waals surface area (Å²) < 4.78 is 5.68. The second kappa shape index (κ2) is 8.82. The van der Waals surface area contributed by atoms with Crippen LogP contribution in [0, 0.1) is 0 Å². The Balaban J connectivity index is 1.63. The highest BCUT2D eigenvalue weighted by atomic mass is 32.2. The van der Waals surface area contributed by atoms with Crippen LogP contribution >= 0.6 is 23.1 Å². The molecule has 0 bridgehead atoms. The average Bonchev–Trinajstić information content (AvgIpc) is 3.30. The summed E-state index contributed by atoms with van der Waals surface area (Å²) in [6, 6.07) is 5.29. The highest BCUT2D eigenvalue weighted by Gasteiger charge is 2.18. The second-order valence-electron chi connectivity index (χ2n) is 5.58. The van der Waals surface area contributed by atoms with Gasteiger partial charge in [-0.25, -0.2) is 9.97 Å². The first-order valence-electron chi connectivity index (χ1n) is 8.22. The van der Waals surface area contributed by atoms with Crippen molar-refractivity contribution < 1.29 is 9.21 Å². The highest BCUT2D eigenvalue weighted by molar-refractivity contribution is 7.99. The first-order valence-corrected chi connectivity index (χ1v) is 10.1. The van der Waals surface area contributed by atoms with Gasteiger partial charge in [-0.3, -0.25) is 4.79 Å². The summed E-state index contributed by atoms with van der Waals surface area (Å²) >= 11 is 2.70. The lowest BCUT2D eigenvalue weighted by atomic mass is 10.4. The summed E-state index contributed by atoms with van der Waals surface area (Å²) in [6.45, 7) is 2.83. The summed E-state index contributed by atoms with van der Waals surface area (Å²) in [4.78, 5) is 23.3. The largest absolute Gasteiger partial charge is 0.418 e. The molecule has 3 heterocycles. The number of hydrogen-bond acceptors (Lipinski definition) is 10. The number of hydrogen-bond donors (Lipinski definition) is 2. The molecule has 27 heavy (non-hydrogen) atoms. The Morgan fingerprint density at radius 3 is 2.74 bits per heavy atom. The molecule has 0 atom stereocenters. The maximum Gasteiger partial charge on any atom is 0.257 e. The molecule has 0 saturated heterocycles. The summed E-state index contributed by atoms with van der Waals surface area (Å²) in [5.74, 6) is 1.48. The smallest absolute Gasteiger partial charge is 0.257 e. The first-order chi connectivity index (χ1) is 13.0. The van der Waals surface area contributed by atoms with Gasteiger partial charge in [0, 0.05) is 12.6 Å². The van der Waals surface area contributed by atoms with E-state index in [9.17, 15) is 4.79 Å². The molecule has 0 aliphatic carbocycles. The van der Waals surface area contributed by atoms with Crippen molar-refractivity contribution in [2.75, 3.05) is 23.8 Å². The predicted octanol–water partition coefficient (Wildman–Crippen LogP) is 2.28. The number of carbonyl (C=O) groups is 1. The van der Waals surface area contributed by atoms with Crippen molar-refractivity contribution in [3.63, 3.8) is 0 Å². The van der Waals surface area contributed by atoms with E-state index in [0.717, 1.165) is 11.3 Å². The van der Waals surface area contributed by atoms with Gasteiger partial charge in [0.2, 0.25) is 11.8 Å². The molecule has 0 unspecified atom stereocenters. The van der Waals surface area contributed by atoms with E-state index in [-0.39, 0.29) is 29.8 Å². The number of thiophene rings is 1. The minimum atomic E-state index is -0.0812. The van der Waals surface area contributed by atoms with E-state index < -0.39 is 0 Å². The molecule has 142 valence electrons. The van der Waals surface area contributed by atoms with Crippen LogP contribution in [0.2, 0.25) is 0 Å². The third-order valence-electron chi connectivity index (χ3n) is 3.44. The minimum Gasteiger partial charge on any atom is -0.418 e. The summed E-state index contributed by atoms with van der Waals surface area (Å²) in [5, 5.41) is 10.4. The van der Waals surface area contributed by atoms with Crippen LogP contribution in [-0.4, -0.2) is 43.3 Å². The third kappa shape index (κ3) is 5.17. The fourth-order valence-corrected chi connectivity index (χ4v) is 3.71. The molecule has 0 spiro atoms. The van der Waals surface area contributed by atoms with Crippen molar-refractivity contribution in [1.29, 1.82) is 0 Å². The van der Waals surface area contributed by atoms with E-state index in [0.29, 0.717) is 23.5 Å². The van der Waals surface area contributed by atoms with E-state index in [4.69, 9.17) is 15.9 Å². The van der Waals surface area contributed by atoms with E-state index >= 15 is 0 Å². The van der Waals surface area contributed by atoms with Gasteiger partial charge in [-0.2, -0.15) is 0 Å². The van der Waals surface area contributed by atoms with E-state index in [1.54, 1.807) is 4.90 Å². The number of aromatic nitrogens is 4. The zero-order chi connectivity index (χ0) is 19.2. The Bertz CT molecular complexity index is 878. The monoisotopic (exact) mass is 405 g/mol. The molecule has 0 aliphatic heterocycles. The van der Waals surface area contributed by atoms with E-state index in [1.807, 2.05) is 24.4 Å². The molecular formula is C16H19N7O2S2. The number of amides is 1. The maximum atomic E-state index is 12.6. The molecule has 1 amide bonds. The minimum absolute atomic E-state index is 0.0812. The van der Waals surface area contributed by atoms with Gasteiger partial charge < -0.3 is 20.8 Å². The Labute approximate surface area is 164 Å². The molecule has 0 saturated carbocycles. The van der Waals surface area contributed by atoms with Gasteiger partial charge >= 0.3 is 0 Å². The Kier molecular flexibility index (Phi) is 6.24. The Hall–Kier alpha value is -2.66. The summed E-state index contributed by atoms with van der Waals surface area (Å²) in [6.07, 6.45) is 0.810. The van der Waals surface area contributed by atoms with Crippen molar-refractivity contribution >= 4 is 40.6 Å². The highest BCUT2D eigenvalue weighted by Crippen LogP contribution is 2.23. The maximum absolute atomic E-state index is 12.6. The number of nitrogen functional groups attached to an aromatic ring is 2. The van der Waals surface area contributed by atoms with Gasteiger partial charge in [0.05, 0.1) is 17.2 Å². The van der Waals surface area contributed by atoms with Gasteiger partial charge in [-0.1, -0.05) is 24.8 Å². The van der Waals surface area contributed by atoms with Crippen LogP contribution in [0.1, 0.15) is 19.2 Å². The standard InChI is InChI=1S/C16H19N7O2S2/c1-2-5-23(8-13-21-22-15(25-13)10-4-3-6-26-10)14(24)9-27-16-19-11(17)7-12(18)20-16/h3-4,6-7H,2,5,8-9H2,1H3,(H4,17,18,19,20). The fraction of sp³-hybridized carbons (Fsp3) is 0.312. The molecule has 0 aromatic carbocycles. The van der Waals surface area contributed by atoms with Crippen LogP contribution < -0.4 is 11.5 Å². The lowest BCUT2D eigenvalue weighted by molar-refractivity contribution is -0.129. The van der Waals surface area contributed by atoms with Gasteiger partial charge in [-0.05, 0) is 17.9 Å². The molecule has 11 heteroatoms. The lowest BCUT2D eigenvalue weighted by Gasteiger charge is -2.19. The van der Waals surface area contributed by atoms with Crippen molar-refractivity contribution in [2.45, 2.75) is 25.0 Å². The quantitative estimate of drug-likeness (QED) is 0.427. The molecule has 0 radical (unpaired) electrons. The predicted molar refractivity (Wildman–Crippen MR) is 105 cm³/mol. The van der Waals surface area contributed by atoms with Crippen LogP contribution in [0.3, 0.4) is 0 Å². The van der Waals surface area contributed by atoms with Crippen LogP contribution in [0.4, 0.5) is 11.6 Å². The second-order valence-corrected chi connectivity index (χ2v) is 7.47. The first kappa shape index (κ1) is 19.1. The van der Waals surface area contributed by atoms with Gasteiger partial charge in [0.1, 0.15) is 11.6 Å². The molecule has 4 N–H and O–H groups in total. The van der Waals surface area contributed by atoms with Gasteiger partial charge in [0.25, 0.3) is 5.89 Å². The van der Waals surface area contributed by atoms with Crippen molar-refractivity contribution in [1.82, 2.24) is 25.1 Å². The topological polar surface area (TPSA) is 137 Å². The van der Waals surface area contributed by atoms with Crippen LogP contribution in [-0.2, 0) is 11.3 Å². The Morgan fingerprint density at radius 2 is 2.07 bits per heavy atom. The van der Waals surface area contributed by atoms with Gasteiger partial charge in [0.15, 0.2) is 5.16 Å². The number of rotatable bonds is 8. The summed E-state index contributed by atoms with van der Waals surface area (Å²) in [7, 11) is 0. The number of nitrogens with two attached hydrogens (primary N) is 2. The number of nitrogens with zero attached hydrogens (tertiary/aromatic N) is 5. The zero-order valence-corrected chi connectivity index (χ0v) is 16.3. The van der Waals surface area contributed by atoms with E-state index in [1.165, 1.54) is 29.2 Å². The van der Waals surface area contributed by atoms with Crippen molar-refractivity contribution in [3.8, 4) is 10.8 Å². The molecular weight excluding hydrogens is 386 g/mol. The Morgan fingerprint density at radius 1 is 1.30 bits per heavy atom. The number of carbonyl (C=O) groups excluding carboxylic acids is 1. The molecule has 3 rings (SSSR count). The van der Waals surface area contributed by atoms with Crippen molar-refractivity contribution in [3.05, 3.63) is 29.5 Å². The molecule has 3 aromatic rings.